The van der Waals surface area contributed by atoms with Crippen molar-refractivity contribution in [2.75, 3.05) is 5.32 Å². The number of rotatable bonds is 6. The van der Waals surface area contributed by atoms with Crippen molar-refractivity contribution in [2.24, 2.45) is 5.14 Å². The summed E-state index contributed by atoms with van der Waals surface area (Å²) in [5.41, 5.74) is 3.54. The molecule has 0 saturated heterocycles. The Hall–Kier alpha value is -3.20. The van der Waals surface area contributed by atoms with Crippen molar-refractivity contribution < 1.29 is 13.2 Å². The van der Waals surface area contributed by atoms with Crippen LogP contribution in [-0.2, 0) is 27.8 Å². The summed E-state index contributed by atoms with van der Waals surface area (Å²) in [5.74, 6) is -0.336. The van der Waals surface area contributed by atoms with Crippen molar-refractivity contribution in [1.29, 1.82) is 0 Å². The summed E-state index contributed by atoms with van der Waals surface area (Å²) in [7, 11) is -4.04. The molecule has 0 aliphatic rings. The van der Waals surface area contributed by atoms with Gasteiger partial charge < -0.3 is 5.32 Å². The number of fused-ring (bicyclic) bond motifs is 1. The molecule has 4 rings (SSSR count). The number of anilines is 1. The number of carbonyl (C=O) groups is 1. The number of aromatic nitrogens is 2. The first-order valence-electron chi connectivity index (χ1n) is 9.82. The minimum absolute atomic E-state index is 0.0459. The number of hydrogen-bond acceptors (Lipinski definition) is 4. The van der Waals surface area contributed by atoms with E-state index in [2.05, 4.69) is 10.4 Å². The average molecular weight is 469 g/mol. The maximum absolute atomic E-state index is 12.5. The Bertz CT molecular complexity index is 1410. The van der Waals surface area contributed by atoms with Gasteiger partial charge in [0.25, 0.3) is 0 Å². The predicted octanol–water partition coefficient (Wildman–Crippen LogP) is 3.88. The lowest BCUT2D eigenvalue weighted by Crippen LogP contribution is -2.16. The summed E-state index contributed by atoms with van der Waals surface area (Å²) >= 11 is 6.12. The Morgan fingerprint density at radius 2 is 1.84 bits per heavy atom. The first kappa shape index (κ1) is 22.0. The van der Waals surface area contributed by atoms with E-state index in [-0.39, 0.29) is 17.2 Å². The number of sulfonamides is 1. The van der Waals surface area contributed by atoms with Crippen molar-refractivity contribution in [3.05, 3.63) is 88.6 Å². The smallest absolute Gasteiger partial charge is 0.238 e. The molecule has 0 fully saturated rings. The minimum Gasteiger partial charge on any atom is -0.326 e. The molecule has 1 aromatic heterocycles. The molecule has 0 saturated carbocycles. The average Bonchev–Trinajstić information content (AvgIpc) is 3.12. The van der Waals surface area contributed by atoms with E-state index in [1.807, 2.05) is 31.2 Å². The molecule has 1 amide bonds. The number of nitrogens with one attached hydrogen (secondary N) is 1. The fourth-order valence-electron chi connectivity index (χ4n) is 3.43. The molecule has 1 heterocycles. The summed E-state index contributed by atoms with van der Waals surface area (Å²) < 4.78 is 26.1. The SMILES string of the molecule is Cc1ccc(Cn2cc3c(S(N)(=O)=O)cc(NC(=O)Cc4ccccc4Cl)cc3n2)cc1. The van der Waals surface area contributed by atoms with E-state index in [0.29, 0.717) is 33.7 Å². The number of benzene rings is 3. The highest BCUT2D eigenvalue weighted by atomic mass is 35.5. The second-order valence-corrected chi connectivity index (χ2v) is 9.52. The summed E-state index contributed by atoms with van der Waals surface area (Å²) in [4.78, 5) is 12.4. The van der Waals surface area contributed by atoms with Gasteiger partial charge >= 0.3 is 0 Å². The third-order valence-electron chi connectivity index (χ3n) is 5.00. The molecule has 32 heavy (non-hydrogen) atoms. The van der Waals surface area contributed by atoms with Crippen molar-refractivity contribution >= 4 is 44.1 Å². The maximum atomic E-state index is 12.5. The maximum Gasteiger partial charge on any atom is 0.238 e. The van der Waals surface area contributed by atoms with Gasteiger partial charge in [0.1, 0.15) is 0 Å². The molecule has 7 nitrogen and oxygen atoms in total. The zero-order valence-electron chi connectivity index (χ0n) is 17.2. The lowest BCUT2D eigenvalue weighted by atomic mass is 10.1. The van der Waals surface area contributed by atoms with Gasteiger partial charge in [-0.3, -0.25) is 9.48 Å². The second kappa shape index (κ2) is 8.74. The Balaban J connectivity index is 1.65. The second-order valence-electron chi connectivity index (χ2n) is 7.58. The Morgan fingerprint density at radius 1 is 1.12 bits per heavy atom. The van der Waals surface area contributed by atoms with Gasteiger partial charge in [-0.05, 0) is 36.2 Å². The molecule has 0 atom stereocenters. The van der Waals surface area contributed by atoms with Crippen LogP contribution in [0.15, 0.2) is 71.8 Å². The molecule has 3 aromatic carbocycles. The first-order valence-corrected chi connectivity index (χ1v) is 11.7. The molecule has 0 radical (unpaired) electrons. The molecule has 4 aromatic rings. The standard InChI is InChI=1S/C23H21ClN4O3S/c1-15-6-8-16(9-7-15)13-28-14-19-21(27-28)11-18(12-22(19)32(25,30)31)26-23(29)10-17-4-2-3-5-20(17)24/h2-9,11-12,14H,10,13H2,1H3,(H,26,29)(H2,25,30,31). The Morgan fingerprint density at radius 3 is 2.53 bits per heavy atom. The number of amides is 1. The van der Waals surface area contributed by atoms with Gasteiger partial charge in [-0.2, -0.15) is 5.10 Å². The van der Waals surface area contributed by atoms with Crippen LogP contribution < -0.4 is 10.5 Å². The van der Waals surface area contributed by atoms with E-state index in [9.17, 15) is 13.2 Å². The van der Waals surface area contributed by atoms with Crippen LogP contribution >= 0.6 is 11.6 Å². The normalized spacial score (nSPS) is 11.6. The number of halogens is 1. The summed E-state index contributed by atoms with van der Waals surface area (Å²) in [6.07, 6.45) is 1.69. The number of aryl methyl sites for hydroxylation is 1. The van der Waals surface area contributed by atoms with Crippen molar-refractivity contribution in [1.82, 2.24) is 9.78 Å². The molecule has 0 aliphatic heterocycles. The zero-order valence-corrected chi connectivity index (χ0v) is 18.8. The van der Waals surface area contributed by atoms with Crippen molar-refractivity contribution in [3.8, 4) is 0 Å². The fraction of sp³-hybridized carbons (Fsp3) is 0.130. The molecule has 0 spiro atoms. The molecular weight excluding hydrogens is 448 g/mol. The number of hydrogen-bond donors (Lipinski definition) is 2. The molecule has 164 valence electrons. The van der Waals surface area contributed by atoms with E-state index >= 15 is 0 Å². The topological polar surface area (TPSA) is 107 Å². The minimum atomic E-state index is -4.04. The van der Waals surface area contributed by atoms with Crippen LogP contribution in [-0.4, -0.2) is 24.1 Å². The van der Waals surface area contributed by atoms with Gasteiger partial charge in [-0.15, -0.1) is 0 Å². The molecule has 0 aliphatic carbocycles. The van der Waals surface area contributed by atoms with Gasteiger partial charge in [0, 0.05) is 22.3 Å². The van der Waals surface area contributed by atoms with Crippen LogP contribution in [0.1, 0.15) is 16.7 Å². The summed E-state index contributed by atoms with van der Waals surface area (Å²) in [5, 5.41) is 13.5. The van der Waals surface area contributed by atoms with Crippen molar-refractivity contribution in [3.63, 3.8) is 0 Å². The van der Waals surface area contributed by atoms with E-state index < -0.39 is 10.0 Å². The lowest BCUT2D eigenvalue weighted by molar-refractivity contribution is -0.115. The van der Waals surface area contributed by atoms with Gasteiger partial charge in [-0.1, -0.05) is 59.6 Å². The zero-order chi connectivity index (χ0) is 22.9. The van der Waals surface area contributed by atoms with Crippen LogP contribution in [0.25, 0.3) is 10.9 Å². The van der Waals surface area contributed by atoms with E-state index in [1.165, 1.54) is 6.07 Å². The van der Waals surface area contributed by atoms with Crippen LogP contribution in [0.5, 0.6) is 0 Å². The van der Waals surface area contributed by atoms with Crippen molar-refractivity contribution in [2.45, 2.75) is 24.8 Å². The largest absolute Gasteiger partial charge is 0.326 e. The van der Waals surface area contributed by atoms with E-state index in [1.54, 1.807) is 41.2 Å². The fourth-order valence-corrected chi connectivity index (χ4v) is 4.39. The van der Waals surface area contributed by atoms with Gasteiger partial charge in [0.15, 0.2) is 0 Å². The number of primary sulfonamides is 1. The monoisotopic (exact) mass is 468 g/mol. The molecule has 0 unspecified atom stereocenters. The number of nitrogens with zero attached hydrogens (tertiary/aromatic N) is 2. The quantitative estimate of drug-likeness (QED) is 0.447. The third kappa shape index (κ3) is 4.99. The van der Waals surface area contributed by atoms with E-state index in [4.69, 9.17) is 16.7 Å². The lowest BCUT2D eigenvalue weighted by Gasteiger charge is -2.08. The first-order chi connectivity index (χ1) is 15.2. The van der Waals surface area contributed by atoms with Crippen LogP contribution in [0, 0.1) is 6.92 Å². The number of carbonyl (C=O) groups excluding carboxylic acids is 1. The van der Waals surface area contributed by atoms with E-state index in [0.717, 1.165) is 11.1 Å². The predicted molar refractivity (Wildman–Crippen MR) is 125 cm³/mol. The third-order valence-corrected chi connectivity index (χ3v) is 6.32. The molecule has 0 bridgehead atoms. The van der Waals surface area contributed by atoms with Gasteiger partial charge in [-0.25, -0.2) is 13.6 Å². The summed E-state index contributed by atoms with van der Waals surface area (Å²) in [6, 6.07) is 18.0. The Labute approximate surface area is 190 Å². The van der Waals surface area contributed by atoms with Gasteiger partial charge in [0.2, 0.25) is 15.9 Å². The molecule has 3 N–H and O–H groups in total. The molecular formula is C23H21ClN4O3S. The van der Waals surface area contributed by atoms with Crippen LogP contribution in [0.3, 0.4) is 0 Å². The van der Waals surface area contributed by atoms with Crippen LogP contribution in [0.4, 0.5) is 5.69 Å². The van der Waals surface area contributed by atoms with Gasteiger partial charge in [0.05, 0.1) is 23.4 Å². The summed E-state index contributed by atoms with van der Waals surface area (Å²) in [6.45, 7) is 2.47. The van der Waals surface area contributed by atoms with Crippen LogP contribution in [0.2, 0.25) is 5.02 Å². The molecule has 9 heteroatoms. The Kier molecular flexibility index (Phi) is 6.01. The number of nitrogens with two attached hydrogens (primary N) is 1. The highest BCUT2D eigenvalue weighted by Gasteiger charge is 2.18. The highest BCUT2D eigenvalue weighted by molar-refractivity contribution is 7.89. The highest BCUT2D eigenvalue weighted by Crippen LogP contribution is 2.27.